The third kappa shape index (κ3) is 2.88. The van der Waals surface area contributed by atoms with Gasteiger partial charge in [-0.3, -0.25) is 4.79 Å². The highest BCUT2D eigenvalue weighted by Gasteiger charge is 2.40. The van der Waals surface area contributed by atoms with E-state index in [0.29, 0.717) is 24.6 Å². The van der Waals surface area contributed by atoms with Crippen LogP contribution in [0.2, 0.25) is 0 Å². The smallest absolute Gasteiger partial charge is 0.267 e. The van der Waals surface area contributed by atoms with Crippen LogP contribution in [0.25, 0.3) is 0 Å². The van der Waals surface area contributed by atoms with Crippen molar-refractivity contribution in [2.75, 3.05) is 39.4 Å². The molecule has 6 heteroatoms. The molecule has 124 valence electrons. The lowest BCUT2D eigenvalue weighted by Gasteiger charge is -2.44. The summed E-state index contributed by atoms with van der Waals surface area (Å²) in [5, 5.41) is 3.39. The number of ether oxygens (including phenoxy) is 3. The van der Waals surface area contributed by atoms with Gasteiger partial charge in [-0.25, -0.2) is 0 Å². The number of nitrogens with zero attached hydrogens (tertiary/aromatic N) is 1. The van der Waals surface area contributed by atoms with E-state index in [4.69, 9.17) is 14.2 Å². The molecular weight excluding hydrogens is 296 g/mol. The molecule has 0 aliphatic carbocycles. The largest absolute Gasteiger partial charge is 0.485 e. The molecule has 1 N–H and O–H groups in total. The van der Waals surface area contributed by atoms with Crippen LogP contribution in [0.1, 0.15) is 12.8 Å². The van der Waals surface area contributed by atoms with Crippen LogP contribution < -0.4 is 14.8 Å². The van der Waals surface area contributed by atoms with Gasteiger partial charge in [0.2, 0.25) is 6.10 Å². The Morgan fingerprint density at radius 1 is 1.22 bits per heavy atom. The fourth-order valence-corrected chi connectivity index (χ4v) is 3.51. The molecule has 1 aromatic carbocycles. The number of para-hydroxylation sites is 2. The SMILES string of the molecule is O=C([C@H]1COc2ccccc2O1)N1CCC2(CC1)CNCCO2. The standard InChI is InChI=1S/C17H22N2O4/c20-16(15-11-21-13-3-1-2-4-14(13)23-15)19-8-5-17(6-9-19)12-18-7-10-22-17/h1-4,15,18H,5-12H2/t15-/m1/s1. The van der Waals surface area contributed by atoms with E-state index >= 15 is 0 Å². The number of carbonyl (C=O) groups is 1. The third-order valence-corrected chi connectivity index (χ3v) is 4.90. The van der Waals surface area contributed by atoms with Crippen LogP contribution in [0.4, 0.5) is 0 Å². The number of hydrogen-bond acceptors (Lipinski definition) is 5. The fraction of sp³-hybridized carbons (Fsp3) is 0.588. The van der Waals surface area contributed by atoms with Gasteiger partial charge in [0.25, 0.3) is 5.91 Å². The summed E-state index contributed by atoms with van der Waals surface area (Å²) in [4.78, 5) is 14.6. The number of fused-ring (bicyclic) bond motifs is 1. The summed E-state index contributed by atoms with van der Waals surface area (Å²) >= 11 is 0. The normalized spacial score (nSPS) is 26.1. The van der Waals surface area contributed by atoms with Crippen molar-refractivity contribution >= 4 is 5.91 Å². The number of carbonyl (C=O) groups excluding carboxylic acids is 1. The topological polar surface area (TPSA) is 60.0 Å². The molecule has 4 rings (SSSR count). The van der Waals surface area contributed by atoms with Gasteiger partial charge < -0.3 is 24.4 Å². The first kappa shape index (κ1) is 14.8. The van der Waals surface area contributed by atoms with Gasteiger partial charge in [-0.2, -0.15) is 0 Å². The van der Waals surface area contributed by atoms with Crippen molar-refractivity contribution in [3.8, 4) is 11.5 Å². The Balaban J connectivity index is 1.37. The van der Waals surface area contributed by atoms with Crippen molar-refractivity contribution in [2.45, 2.75) is 24.5 Å². The maximum absolute atomic E-state index is 12.7. The third-order valence-electron chi connectivity index (χ3n) is 4.90. The van der Waals surface area contributed by atoms with E-state index in [2.05, 4.69) is 5.32 Å². The molecule has 3 aliphatic rings. The average molecular weight is 318 g/mol. The molecule has 6 nitrogen and oxygen atoms in total. The molecule has 0 saturated carbocycles. The minimum atomic E-state index is -0.552. The van der Waals surface area contributed by atoms with Gasteiger partial charge >= 0.3 is 0 Å². The van der Waals surface area contributed by atoms with Crippen molar-refractivity contribution in [3.05, 3.63) is 24.3 Å². The number of benzene rings is 1. The van der Waals surface area contributed by atoms with Crippen LogP contribution in [0.15, 0.2) is 24.3 Å². The Bertz CT molecular complexity index is 576. The summed E-state index contributed by atoms with van der Waals surface area (Å²) in [6.45, 7) is 4.24. The Morgan fingerprint density at radius 3 is 2.74 bits per heavy atom. The van der Waals surface area contributed by atoms with Gasteiger partial charge in [-0.15, -0.1) is 0 Å². The van der Waals surface area contributed by atoms with E-state index in [1.165, 1.54) is 0 Å². The predicted molar refractivity (Wildman–Crippen MR) is 83.7 cm³/mol. The van der Waals surface area contributed by atoms with Gasteiger partial charge in [-0.1, -0.05) is 12.1 Å². The Hall–Kier alpha value is -1.79. The highest BCUT2D eigenvalue weighted by atomic mass is 16.6. The second kappa shape index (κ2) is 6.02. The maximum Gasteiger partial charge on any atom is 0.267 e. The van der Waals surface area contributed by atoms with E-state index < -0.39 is 6.10 Å². The van der Waals surface area contributed by atoms with Crippen molar-refractivity contribution in [3.63, 3.8) is 0 Å². The van der Waals surface area contributed by atoms with Gasteiger partial charge in [0.15, 0.2) is 11.5 Å². The monoisotopic (exact) mass is 318 g/mol. The minimum Gasteiger partial charge on any atom is -0.485 e. The first-order chi connectivity index (χ1) is 11.3. The van der Waals surface area contributed by atoms with E-state index in [1.807, 2.05) is 29.2 Å². The predicted octanol–water partition coefficient (Wildman–Crippen LogP) is 0.807. The molecular formula is C17H22N2O4. The minimum absolute atomic E-state index is 0.0121. The number of hydrogen-bond donors (Lipinski definition) is 1. The summed E-state index contributed by atoms with van der Waals surface area (Å²) in [5.74, 6) is 1.36. The van der Waals surface area contributed by atoms with Gasteiger partial charge in [0.1, 0.15) is 6.61 Å². The summed E-state index contributed by atoms with van der Waals surface area (Å²) in [6.07, 6.45) is 1.19. The molecule has 1 aromatic rings. The van der Waals surface area contributed by atoms with Crippen LogP contribution in [0, 0.1) is 0 Å². The van der Waals surface area contributed by atoms with E-state index in [-0.39, 0.29) is 18.1 Å². The van der Waals surface area contributed by atoms with Crippen molar-refractivity contribution in [2.24, 2.45) is 0 Å². The quantitative estimate of drug-likeness (QED) is 0.830. The highest BCUT2D eigenvalue weighted by molar-refractivity contribution is 5.82. The second-order valence-corrected chi connectivity index (χ2v) is 6.40. The average Bonchev–Trinajstić information content (AvgIpc) is 2.62. The van der Waals surface area contributed by atoms with Crippen molar-refractivity contribution < 1.29 is 19.0 Å². The van der Waals surface area contributed by atoms with E-state index in [0.717, 1.165) is 32.5 Å². The zero-order chi connectivity index (χ0) is 15.7. The maximum atomic E-state index is 12.7. The zero-order valence-corrected chi connectivity index (χ0v) is 13.1. The second-order valence-electron chi connectivity index (χ2n) is 6.40. The Labute approximate surface area is 135 Å². The number of likely N-dealkylation sites (tertiary alicyclic amines) is 1. The number of nitrogens with one attached hydrogen (secondary N) is 1. The Morgan fingerprint density at radius 2 is 2.00 bits per heavy atom. The Kier molecular flexibility index (Phi) is 3.87. The summed E-state index contributed by atoms with van der Waals surface area (Å²) in [5.41, 5.74) is -0.0917. The summed E-state index contributed by atoms with van der Waals surface area (Å²) in [6, 6.07) is 7.47. The van der Waals surface area contributed by atoms with Crippen LogP contribution in [-0.4, -0.2) is 61.9 Å². The van der Waals surface area contributed by atoms with Crippen LogP contribution in [0.3, 0.4) is 0 Å². The number of morpholine rings is 1. The lowest BCUT2D eigenvalue weighted by atomic mass is 9.90. The van der Waals surface area contributed by atoms with Gasteiger partial charge in [0, 0.05) is 26.2 Å². The zero-order valence-electron chi connectivity index (χ0n) is 13.1. The first-order valence-corrected chi connectivity index (χ1v) is 8.28. The molecule has 0 aromatic heterocycles. The molecule has 1 atom stereocenters. The van der Waals surface area contributed by atoms with Gasteiger partial charge in [0.05, 0.1) is 12.2 Å². The molecule has 0 bridgehead atoms. The summed E-state index contributed by atoms with van der Waals surface area (Å²) < 4.78 is 17.4. The fourth-order valence-electron chi connectivity index (χ4n) is 3.51. The molecule has 2 saturated heterocycles. The molecule has 23 heavy (non-hydrogen) atoms. The van der Waals surface area contributed by atoms with Crippen molar-refractivity contribution in [1.82, 2.24) is 10.2 Å². The molecule has 0 unspecified atom stereocenters. The molecule has 3 heterocycles. The molecule has 1 amide bonds. The van der Waals surface area contributed by atoms with Crippen LogP contribution >= 0.6 is 0 Å². The number of amides is 1. The molecule has 2 fully saturated rings. The lowest BCUT2D eigenvalue weighted by molar-refractivity contribution is -0.149. The highest BCUT2D eigenvalue weighted by Crippen LogP contribution is 2.32. The molecule has 0 radical (unpaired) electrons. The van der Waals surface area contributed by atoms with Crippen LogP contribution in [-0.2, 0) is 9.53 Å². The van der Waals surface area contributed by atoms with E-state index in [9.17, 15) is 4.79 Å². The summed E-state index contributed by atoms with van der Waals surface area (Å²) in [7, 11) is 0. The van der Waals surface area contributed by atoms with Crippen molar-refractivity contribution in [1.29, 1.82) is 0 Å². The van der Waals surface area contributed by atoms with Crippen LogP contribution in [0.5, 0.6) is 11.5 Å². The molecule has 3 aliphatic heterocycles. The van der Waals surface area contributed by atoms with Gasteiger partial charge in [-0.05, 0) is 25.0 Å². The number of piperidine rings is 1. The molecule has 1 spiro atoms. The lowest BCUT2D eigenvalue weighted by Crippen LogP contribution is -2.58. The number of rotatable bonds is 1. The van der Waals surface area contributed by atoms with E-state index in [1.54, 1.807) is 0 Å². The first-order valence-electron chi connectivity index (χ1n) is 8.28.